The molecule has 1 heterocycles. The molecule has 1 aromatic carbocycles. The maximum Gasteiger partial charge on any atom is 0.308 e. The summed E-state index contributed by atoms with van der Waals surface area (Å²) in [5, 5.41) is 16.1. The molecule has 0 radical (unpaired) electrons. The Morgan fingerprint density at radius 1 is 1.39 bits per heavy atom. The summed E-state index contributed by atoms with van der Waals surface area (Å²) in [6.45, 7) is 9.36. The quantitative estimate of drug-likeness (QED) is 0.661. The number of hydrogen-bond acceptors (Lipinski definition) is 6. The minimum absolute atomic E-state index is 0.0250. The number of hydrogen-bond donors (Lipinski definition) is 2. The summed E-state index contributed by atoms with van der Waals surface area (Å²) in [7, 11) is 1.51. The Bertz CT molecular complexity index is 796. The first-order chi connectivity index (χ1) is 13.1. The minimum Gasteiger partial charge on any atom is -0.493 e. The van der Waals surface area contributed by atoms with Crippen molar-refractivity contribution in [2.45, 2.75) is 44.8 Å². The lowest BCUT2D eigenvalue weighted by Gasteiger charge is -2.29. The van der Waals surface area contributed by atoms with Crippen LogP contribution in [0.2, 0.25) is 0 Å². The van der Waals surface area contributed by atoms with Crippen LogP contribution in [0.4, 0.5) is 0 Å². The predicted molar refractivity (Wildman–Crippen MR) is 104 cm³/mol. The van der Waals surface area contributed by atoms with Gasteiger partial charge in [-0.25, -0.2) is 0 Å². The normalized spacial score (nSPS) is 18.6. The van der Waals surface area contributed by atoms with Gasteiger partial charge in [0.25, 0.3) is 5.91 Å². The third kappa shape index (κ3) is 5.03. The van der Waals surface area contributed by atoms with Gasteiger partial charge in [-0.15, -0.1) is 0 Å². The van der Waals surface area contributed by atoms with Crippen molar-refractivity contribution in [1.29, 1.82) is 0 Å². The van der Waals surface area contributed by atoms with E-state index in [1.807, 2.05) is 20.8 Å². The topological polar surface area (TPSA) is 106 Å². The molecule has 0 spiro atoms. The zero-order chi connectivity index (χ0) is 20.9. The fraction of sp³-hybridized carbons (Fsp3) is 0.450. The van der Waals surface area contributed by atoms with Gasteiger partial charge in [-0.05, 0) is 39.0 Å². The van der Waals surface area contributed by atoms with Crippen LogP contribution in [0.5, 0.6) is 11.5 Å². The number of rotatable bonds is 8. The maximum absolute atomic E-state index is 12.8. The highest BCUT2D eigenvalue weighted by Crippen LogP contribution is 2.34. The molecule has 152 valence electrons. The molecular formula is C20H26N2O6. The van der Waals surface area contributed by atoms with Crippen LogP contribution in [0.25, 0.3) is 0 Å². The molecule has 0 bridgehead atoms. The van der Waals surface area contributed by atoms with Crippen LogP contribution in [0.15, 0.2) is 36.0 Å². The van der Waals surface area contributed by atoms with Crippen LogP contribution in [-0.4, -0.2) is 47.6 Å². The SMILES string of the molecule is C=CCOc1ccc(C2=NOC(CC(=O)O)(C(=O)NC(C)(C)C)C2)cc1OC. The highest BCUT2D eigenvalue weighted by Gasteiger charge is 2.49. The first kappa shape index (κ1) is 21.3. The van der Waals surface area contributed by atoms with Crippen molar-refractivity contribution in [2.24, 2.45) is 5.16 Å². The molecule has 28 heavy (non-hydrogen) atoms. The van der Waals surface area contributed by atoms with Crippen LogP contribution in [0.3, 0.4) is 0 Å². The highest BCUT2D eigenvalue weighted by atomic mass is 16.7. The molecule has 8 heteroatoms. The molecule has 1 aliphatic heterocycles. The molecule has 0 saturated carbocycles. The average molecular weight is 390 g/mol. The van der Waals surface area contributed by atoms with Crippen LogP contribution < -0.4 is 14.8 Å². The molecule has 1 amide bonds. The summed E-state index contributed by atoms with van der Waals surface area (Å²) in [6, 6.07) is 5.17. The molecule has 2 rings (SSSR count). The molecular weight excluding hydrogens is 364 g/mol. The lowest BCUT2D eigenvalue weighted by atomic mass is 9.89. The third-order valence-electron chi connectivity index (χ3n) is 3.98. The Kier molecular flexibility index (Phi) is 6.33. The fourth-order valence-electron chi connectivity index (χ4n) is 2.74. The number of benzene rings is 1. The zero-order valence-corrected chi connectivity index (χ0v) is 16.6. The number of ether oxygens (including phenoxy) is 2. The highest BCUT2D eigenvalue weighted by molar-refractivity contribution is 6.06. The molecule has 0 fully saturated rings. The second kappa shape index (κ2) is 8.33. The number of amides is 1. The van der Waals surface area contributed by atoms with Crippen molar-refractivity contribution >= 4 is 17.6 Å². The summed E-state index contributed by atoms with van der Waals surface area (Å²) in [6.07, 6.45) is 1.15. The van der Waals surface area contributed by atoms with Crippen LogP contribution in [-0.2, 0) is 14.4 Å². The van der Waals surface area contributed by atoms with Gasteiger partial charge in [0, 0.05) is 17.5 Å². The fourth-order valence-corrected chi connectivity index (χ4v) is 2.74. The minimum atomic E-state index is -1.60. The van der Waals surface area contributed by atoms with Crippen LogP contribution in [0.1, 0.15) is 39.2 Å². The van der Waals surface area contributed by atoms with E-state index < -0.39 is 29.4 Å². The second-order valence-corrected chi connectivity index (χ2v) is 7.54. The van der Waals surface area contributed by atoms with Crippen molar-refractivity contribution in [3.8, 4) is 11.5 Å². The van der Waals surface area contributed by atoms with Crippen molar-refractivity contribution in [3.05, 3.63) is 36.4 Å². The largest absolute Gasteiger partial charge is 0.493 e. The maximum atomic E-state index is 12.8. The Balaban J connectivity index is 2.28. The lowest BCUT2D eigenvalue weighted by Crippen LogP contribution is -2.54. The number of nitrogens with one attached hydrogen (secondary N) is 1. The Morgan fingerprint density at radius 3 is 2.68 bits per heavy atom. The zero-order valence-electron chi connectivity index (χ0n) is 16.6. The van der Waals surface area contributed by atoms with E-state index in [2.05, 4.69) is 17.1 Å². The summed E-state index contributed by atoms with van der Waals surface area (Å²) in [5.74, 6) is -0.643. The summed E-state index contributed by atoms with van der Waals surface area (Å²) < 4.78 is 10.9. The first-order valence-corrected chi connectivity index (χ1v) is 8.82. The smallest absolute Gasteiger partial charge is 0.308 e. The molecule has 2 N–H and O–H groups in total. The number of carboxylic acid groups (broad SMARTS) is 1. The van der Waals surface area contributed by atoms with Crippen molar-refractivity contribution in [2.75, 3.05) is 13.7 Å². The molecule has 1 atom stereocenters. The van der Waals surface area contributed by atoms with Gasteiger partial charge in [0.05, 0.1) is 19.2 Å². The Morgan fingerprint density at radius 2 is 2.11 bits per heavy atom. The Labute approximate surface area is 164 Å². The van der Waals surface area contributed by atoms with Gasteiger partial charge in [0.2, 0.25) is 5.60 Å². The molecule has 1 aliphatic rings. The summed E-state index contributed by atoms with van der Waals surface area (Å²) >= 11 is 0. The van der Waals surface area contributed by atoms with Gasteiger partial charge in [0.1, 0.15) is 6.61 Å². The summed E-state index contributed by atoms with van der Waals surface area (Å²) in [4.78, 5) is 29.5. The van der Waals surface area contributed by atoms with E-state index in [1.165, 1.54) is 7.11 Å². The molecule has 0 saturated heterocycles. The van der Waals surface area contributed by atoms with E-state index in [1.54, 1.807) is 24.3 Å². The van der Waals surface area contributed by atoms with Crippen LogP contribution >= 0.6 is 0 Å². The average Bonchev–Trinajstić information content (AvgIpc) is 3.03. The van der Waals surface area contributed by atoms with E-state index in [0.29, 0.717) is 29.4 Å². The molecule has 0 aromatic heterocycles. The second-order valence-electron chi connectivity index (χ2n) is 7.54. The monoisotopic (exact) mass is 390 g/mol. The van der Waals surface area contributed by atoms with Gasteiger partial charge >= 0.3 is 5.97 Å². The van der Waals surface area contributed by atoms with Gasteiger partial charge in [-0.1, -0.05) is 17.8 Å². The van der Waals surface area contributed by atoms with E-state index in [-0.39, 0.29) is 6.42 Å². The third-order valence-corrected chi connectivity index (χ3v) is 3.98. The van der Waals surface area contributed by atoms with Gasteiger partial charge < -0.3 is 24.7 Å². The number of carbonyl (C=O) groups excluding carboxylic acids is 1. The van der Waals surface area contributed by atoms with E-state index >= 15 is 0 Å². The number of methoxy groups -OCH3 is 1. The first-order valence-electron chi connectivity index (χ1n) is 8.82. The van der Waals surface area contributed by atoms with E-state index in [9.17, 15) is 14.7 Å². The number of aliphatic carboxylic acids is 1. The number of carbonyl (C=O) groups is 2. The van der Waals surface area contributed by atoms with Crippen molar-refractivity contribution in [3.63, 3.8) is 0 Å². The number of oxime groups is 1. The molecule has 1 unspecified atom stereocenters. The van der Waals surface area contributed by atoms with E-state index in [0.717, 1.165) is 0 Å². The number of carboxylic acids is 1. The molecule has 1 aromatic rings. The van der Waals surface area contributed by atoms with Crippen molar-refractivity contribution in [1.82, 2.24) is 5.32 Å². The molecule has 8 nitrogen and oxygen atoms in total. The van der Waals surface area contributed by atoms with Crippen molar-refractivity contribution < 1.29 is 29.0 Å². The number of nitrogens with zero attached hydrogens (tertiary/aromatic N) is 1. The van der Waals surface area contributed by atoms with Gasteiger partial charge in [-0.3, -0.25) is 9.59 Å². The lowest BCUT2D eigenvalue weighted by molar-refractivity contribution is -0.157. The van der Waals surface area contributed by atoms with Crippen LogP contribution in [0, 0.1) is 0 Å². The van der Waals surface area contributed by atoms with Gasteiger partial charge in [0.15, 0.2) is 11.5 Å². The van der Waals surface area contributed by atoms with E-state index in [4.69, 9.17) is 14.3 Å². The standard InChI is InChI=1S/C20H26N2O6/c1-6-9-27-15-8-7-13(10-16(15)26-5)14-11-20(28-22-14,12-17(23)24)18(25)21-19(2,3)4/h6-8,10H,1,9,11-12H2,2-5H3,(H,21,25)(H,23,24). The summed E-state index contributed by atoms with van der Waals surface area (Å²) in [5.41, 5.74) is -1.03. The Hall–Kier alpha value is -3.03. The predicted octanol–water partition coefficient (Wildman–Crippen LogP) is 2.51. The molecule has 0 aliphatic carbocycles. The van der Waals surface area contributed by atoms with Gasteiger partial charge in [-0.2, -0.15) is 0 Å².